The van der Waals surface area contributed by atoms with E-state index >= 15 is 0 Å². The third-order valence-electron chi connectivity index (χ3n) is 4.67. The van der Waals surface area contributed by atoms with Gasteiger partial charge in [0.15, 0.2) is 11.5 Å². The van der Waals surface area contributed by atoms with Crippen molar-refractivity contribution < 1.29 is 28.5 Å². The average molecular weight is 417 g/mol. The van der Waals surface area contributed by atoms with E-state index in [0.29, 0.717) is 40.7 Å². The van der Waals surface area contributed by atoms with Crippen LogP contribution in [0.15, 0.2) is 66.7 Å². The molecular weight excluding hydrogens is 398 g/mol. The highest BCUT2D eigenvalue weighted by atomic mass is 16.7. The van der Waals surface area contributed by atoms with Crippen LogP contribution in [0.4, 0.5) is 0 Å². The summed E-state index contributed by atoms with van der Waals surface area (Å²) in [6.45, 7) is 0.520. The molecule has 31 heavy (non-hydrogen) atoms. The Hall–Kier alpha value is -4.18. The zero-order valence-corrected chi connectivity index (χ0v) is 16.7. The van der Waals surface area contributed by atoms with Gasteiger partial charge in [0.05, 0.1) is 12.7 Å². The smallest absolute Gasteiger partial charge is 0.351 e. The lowest BCUT2D eigenvalue weighted by atomic mass is 10.1. The molecule has 156 valence electrons. The Morgan fingerprint density at radius 2 is 1.90 bits per heavy atom. The van der Waals surface area contributed by atoms with Gasteiger partial charge < -0.3 is 23.7 Å². The summed E-state index contributed by atoms with van der Waals surface area (Å²) in [5.74, 6) is 1.67. The van der Waals surface area contributed by atoms with E-state index < -0.39 is 12.1 Å². The summed E-state index contributed by atoms with van der Waals surface area (Å²) in [6, 6.07) is 21.4. The summed E-state index contributed by atoms with van der Waals surface area (Å²) in [6.07, 6.45) is -1.05. The molecule has 3 aromatic carbocycles. The molecule has 7 nitrogen and oxygen atoms in total. The lowest BCUT2D eigenvalue weighted by Crippen LogP contribution is -2.20. The Bertz CT molecular complexity index is 1140. The maximum Gasteiger partial charge on any atom is 0.351 e. The zero-order valence-electron chi connectivity index (χ0n) is 16.7. The van der Waals surface area contributed by atoms with Crippen molar-refractivity contribution in [2.45, 2.75) is 12.7 Å². The highest BCUT2D eigenvalue weighted by Crippen LogP contribution is 2.33. The number of ether oxygens (including phenoxy) is 5. The summed E-state index contributed by atoms with van der Waals surface area (Å²) in [5.41, 5.74) is 1.78. The van der Waals surface area contributed by atoms with Crippen LogP contribution in [-0.4, -0.2) is 19.9 Å². The number of fused-ring (bicyclic) bond motifs is 1. The number of carbonyl (C=O) groups is 1. The van der Waals surface area contributed by atoms with Gasteiger partial charge in [-0.3, -0.25) is 0 Å². The minimum atomic E-state index is -1.05. The van der Waals surface area contributed by atoms with Gasteiger partial charge in [-0.1, -0.05) is 30.3 Å². The number of esters is 1. The summed E-state index contributed by atoms with van der Waals surface area (Å²) in [7, 11) is 1.29. The van der Waals surface area contributed by atoms with E-state index in [2.05, 4.69) is 6.07 Å². The SMILES string of the molecule is COC(=O)C(Oc1ccccc1C#N)c1cccc(OCc2ccc3c(c2)OCO3)c1. The molecule has 0 saturated carbocycles. The maximum absolute atomic E-state index is 12.4. The molecule has 0 fully saturated rings. The van der Waals surface area contributed by atoms with Gasteiger partial charge in [-0.05, 0) is 42.0 Å². The van der Waals surface area contributed by atoms with Gasteiger partial charge in [0.2, 0.25) is 12.9 Å². The fourth-order valence-electron chi connectivity index (χ4n) is 3.11. The van der Waals surface area contributed by atoms with E-state index in [-0.39, 0.29) is 6.79 Å². The number of nitriles is 1. The van der Waals surface area contributed by atoms with Gasteiger partial charge in [-0.25, -0.2) is 4.79 Å². The Labute approximate surface area is 179 Å². The Morgan fingerprint density at radius 1 is 1.06 bits per heavy atom. The molecule has 0 amide bonds. The molecular formula is C24H19NO6. The second-order valence-electron chi connectivity index (χ2n) is 6.68. The monoisotopic (exact) mass is 417 g/mol. The molecule has 0 radical (unpaired) electrons. The van der Waals surface area contributed by atoms with E-state index in [9.17, 15) is 10.1 Å². The molecule has 1 atom stereocenters. The minimum absolute atomic E-state index is 0.214. The van der Waals surface area contributed by atoms with E-state index in [0.717, 1.165) is 5.56 Å². The maximum atomic E-state index is 12.4. The molecule has 1 unspecified atom stereocenters. The lowest BCUT2D eigenvalue weighted by molar-refractivity contribution is -0.149. The van der Waals surface area contributed by atoms with Crippen molar-refractivity contribution in [2.75, 3.05) is 13.9 Å². The molecule has 0 aromatic heterocycles. The largest absolute Gasteiger partial charge is 0.489 e. The van der Waals surface area contributed by atoms with Crippen LogP contribution in [0.25, 0.3) is 0 Å². The first-order chi connectivity index (χ1) is 15.2. The number of nitrogens with zero attached hydrogens (tertiary/aromatic N) is 1. The van der Waals surface area contributed by atoms with Crippen molar-refractivity contribution in [1.82, 2.24) is 0 Å². The van der Waals surface area contributed by atoms with E-state index in [4.69, 9.17) is 23.7 Å². The first kappa shape index (κ1) is 20.1. The molecule has 1 aliphatic rings. The van der Waals surface area contributed by atoms with Crippen molar-refractivity contribution in [1.29, 1.82) is 5.26 Å². The molecule has 1 aliphatic heterocycles. The summed E-state index contributed by atoms with van der Waals surface area (Å²) < 4.78 is 27.4. The third-order valence-corrected chi connectivity index (χ3v) is 4.67. The molecule has 1 heterocycles. The van der Waals surface area contributed by atoms with Gasteiger partial charge >= 0.3 is 5.97 Å². The quantitative estimate of drug-likeness (QED) is 0.534. The average Bonchev–Trinajstić information content (AvgIpc) is 3.29. The zero-order chi connectivity index (χ0) is 21.6. The van der Waals surface area contributed by atoms with Crippen LogP contribution in [-0.2, 0) is 16.1 Å². The van der Waals surface area contributed by atoms with Crippen LogP contribution in [0, 0.1) is 11.3 Å². The van der Waals surface area contributed by atoms with E-state index in [1.54, 1.807) is 48.5 Å². The van der Waals surface area contributed by atoms with Gasteiger partial charge in [0.1, 0.15) is 24.2 Å². The number of methoxy groups -OCH3 is 1. The molecule has 0 bridgehead atoms. The van der Waals surface area contributed by atoms with Gasteiger partial charge in [0, 0.05) is 5.56 Å². The molecule has 0 spiro atoms. The molecule has 0 N–H and O–H groups in total. The van der Waals surface area contributed by atoms with E-state index in [1.807, 2.05) is 18.2 Å². The van der Waals surface area contributed by atoms with Crippen LogP contribution in [0.5, 0.6) is 23.0 Å². The molecule has 0 saturated heterocycles. The van der Waals surface area contributed by atoms with Crippen LogP contribution < -0.4 is 18.9 Å². The van der Waals surface area contributed by atoms with Crippen LogP contribution in [0.3, 0.4) is 0 Å². The van der Waals surface area contributed by atoms with Crippen LogP contribution in [0.2, 0.25) is 0 Å². The summed E-state index contributed by atoms with van der Waals surface area (Å²) >= 11 is 0. The Morgan fingerprint density at radius 3 is 2.74 bits per heavy atom. The molecule has 0 aliphatic carbocycles. The van der Waals surface area contributed by atoms with Crippen molar-refractivity contribution in [2.24, 2.45) is 0 Å². The molecule has 4 rings (SSSR count). The highest BCUT2D eigenvalue weighted by molar-refractivity contribution is 5.77. The first-order valence-corrected chi connectivity index (χ1v) is 9.53. The van der Waals surface area contributed by atoms with Crippen LogP contribution >= 0.6 is 0 Å². The number of para-hydroxylation sites is 1. The lowest BCUT2D eigenvalue weighted by Gasteiger charge is -2.19. The Balaban J connectivity index is 1.52. The van der Waals surface area contributed by atoms with Gasteiger partial charge in [0.25, 0.3) is 0 Å². The normalized spacial score (nSPS) is 12.5. The Kier molecular flexibility index (Phi) is 5.90. The predicted octanol–water partition coefficient (Wildman–Crippen LogP) is 4.16. The number of carbonyl (C=O) groups excluding carboxylic acids is 1. The number of hydrogen-bond acceptors (Lipinski definition) is 7. The second-order valence-corrected chi connectivity index (χ2v) is 6.68. The predicted molar refractivity (Wildman–Crippen MR) is 110 cm³/mol. The highest BCUT2D eigenvalue weighted by Gasteiger charge is 2.25. The van der Waals surface area contributed by atoms with Crippen molar-refractivity contribution in [3.05, 3.63) is 83.4 Å². The fraction of sp³-hybridized carbons (Fsp3) is 0.167. The fourth-order valence-corrected chi connectivity index (χ4v) is 3.11. The van der Waals surface area contributed by atoms with Crippen molar-refractivity contribution in [3.8, 4) is 29.1 Å². The number of hydrogen-bond donors (Lipinski definition) is 0. The third kappa shape index (κ3) is 4.54. The van der Waals surface area contributed by atoms with Crippen molar-refractivity contribution in [3.63, 3.8) is 0 Å². The topological polar surface area (TPSA) is 87.0 Å². The second kappa shape index (κ2) is 9.09. The standard InChI is InChI=1S/C24H19NO6/c1-27-24(26)23(31-20-8-3-2-5-18(20)13-25)17-6-4-7-19(12-17)28-14-16-9-10-21-22(11-16)30-15-29-21/h2-12,23H,14-15H2,1H3. The number of benzene rings is 3. The molecule has 3 aromatic rings. The van der Waals surface area contributed by atoms with Gasteiger partial charge in [-0.2, -0.15) is 5.26 Å². The summed E-state index contributed by atoms with van der Waals surface area (Å²) in [4.78, 5) is 12.4. The first-order valence-electron chi connectivity index (χ1n) is 9.53. The molecule has 7 heteroatoms. The van der Waals surface area contributed by atoms with Gasteiger partial charge in [-0.15, -0.1) is 0 Å². The van der Waals surface area contributed by atoms with Crippen LogP contribution in [0.1, 0.15) is 22.8 Å². The summed E-state index contributed by atoms with van der Waals surface area (Å²) in [5, 5.41) is 9.30. The number of rotatable bonds is 7. The van der Waals surface area contributed by atoms with Crippen molar-refractivity contribution >= 4 is 5.97 Å². The minimum Gasteiger partial charge on any atom is -0.489 e. The van der Waals surface area contributed by atoms with E-state index in [1.165, 1.54) is 7.11 Å².